The van der Waals surface area contributed by atoms with E-state index in [1.54, 1.807) is 11.3 Å². The molecular weight excluding hydrogens is 280 g/mol. The predicted molar refractivity (Wildman–Crippen MR) is 80.5 cm³/mol. The average molecular weight is 297 g/mol. The molecule has 1 N–H and O–H groups in total. The molecule has 1 aromatic carbocycles. The molecule has 19 heavy (non-hydrogen) atoms. The minimum Gasteiger partial charge on any atom is -0.395 e. The van der Waals surface area contributed by atoms with Crippen LogP contribution in [-0.4, -0.2) is 35.2 Å². The van der Waals surface area contributed by atoms with Gasteiger partial charge in [0.25, 0.3) is 0 Å². The van der Waals surface area contributed by atoms with E-state index in [2.05, 4.69) is 34.1 Å². The molecule has 0 atom stereocenters. The number of alkyl halides is 1. The third kappa shape index (κ3) is 4.01. The second kappa shape index (κ2) is 7.01. The fraction of sp³-hybridized carbons (Fsp3) is 0.357. The number of aliphatic hydroxyl groups excluding tert-OH is 1. The largest absolute Gasteiger partial charge is 0.395 e. The van der Waals surface area contributed by atoms with Gasteiger partial charge in [-0.15, -0.1) is 22.9 Å². The van der Waals surface area contributed by atoms with Crippen LogP contribution in [0.2, 0.25) is 0 Å². The first kappa shape index (κ1) is 14.5. The van der Waals surface area contributed by atoms with Crippen molar-refractivity contribution < 1.29 is 5.11 Å². The van der Waals surface area contributed by atoms with Crippen LogP contribution in [0.5, 0.6) is 0 Å². The summed E-state index contributed by atoms with van der Waals surface area (Å²) in [5, 5.41) is 11.9. The SMILES string of the molecule is CN(CCO)Cc1ccc(-c2nc(CCl)cs2)cc1. The predicted octanol–water partition coefficient (Wildman–Crippen LogP) is 2.97. The average Bonchev–Trinajstić information content (AvgIpc) is 2.88. The summed E-state index contributed by atoms with van der Waals surface area (Å²) in [7, 11) is 2.00. The number of hydrogen-bond donors (Lipinski definition) is 1. The van der Waals surface area contributed by atoms with E-state index in [0.29, 0.717) is 12.4 Å². The van der Waals surface area contributed by atoms with Crippen molar-refractivity contribution in [3.63, 3.8) is 0 Å². The van der Waals surface area contributed by atoms with Crippen molar-refractivity contribution in [2.45, 2.75) is 12.4 Å². The van der Waals surface area contributed by atoms with Crippen molar-refractivity contribution in [1.29, 1.82) is 0 Å². The maximum atomic E-state index is 8.87. The van der Waals surface area contributed by atoms with Crippen LogP contribution in [0.25, 0.3) is 10.6 Å². The molecule has 5 heteroatoms. The highest BCUT2D eigenvalue weighted by molar-refractivity contribution is 7.13. The van der Waals surface area contributed by atoms with E-state index in [9.17, 15) is 0 Å². The smallest absolute Gasteiger partial charge is 0.123 e. The molecule has 1 aromatic heterocycles. The first-order chi connectivity index (χ1) is 9.22. The van der Waals surface area contributed by atoms with Gasteiger partial charge in [0.05, 0.1) is 18.2 Å². The van der Waals surface area contributed by atoms with Crippen LogP contribution in [-0.2, 0) is 12.4 Å². The van der Waals surface area contributed by atoms with E-state index in [0.717, 1.165) is 22.8 Å². The summed E-state index contributed by atoms with van der Waals surface area (Å²) in [5.74, 6) is 0.459. The molecule has 0 unspecified atom stereocenters. The Morgan fingerprint density at radius 3 is 2.63 bits per heavy atom. The van der Waals surface area contributed by atoms with Crippen molar-refractivity contribution in [2.75, 3.05) is 20.2 Å². The number of nitrogens with zero attached hydrogens (tertiary/aromatic N) is 2. The molecule has 102 valence electrons. The van der Waals surface area contributed by atoms with E-state index in [1.807, 2.05) is 12.4 Å². The second-order valence-corrected chi connectivity index (χ2v) is 5.56. The zero-order valence-electron chi connectivity index (χ0n) is 10.8. The third-order valence-electron chi connectivity index (χ3n) is 2.82. The summed E-state index contributed by atoms with van der Waals surface area (Å²) < 4.78 is 0. The molecule has 0 amide bonds. The summed E-state index contributed by atoms with van der Waals surface area (Å²) in [6.07, 6.45) is 0. The highest BCUT2D eigenvalue weighted by atomic mass is 35.5. The van der Waals surface area contributed by atoms with E-state index in [1.165, 1.54) is 5.56 Å². The van der Waals surface area contributed by atoms with Gasteiger partial charge in [0, 0.05) is 24.0 Å². The number of aliphatic hydroxyl groups is 1. The molecule has 0 radical (unpaired) electrons. The number of halogens is 1. The molecule has 1 heterocycles. The van der Waals surface area contributed by atoms with Crippen LogP contribution >= 0.6 is 22.9 Å². The molecule has 3 nitrogen and oxygen atoms in total. The molecule has 0 spiro atoms. The molecule has 0 saturated carbocycles. The van der Waals surface area contributed by atoms with Gasteiger partial charge >= 0.3 is 0 Å². The molecule has 2 rings (SSSR count). The molecule has 2 aromatic rings. The van der Waals surface area contributed by atoms with Gasteiger partial charge in [-0.25, -0.2) is 4.98 Å². The minimum absolute atomic E-state index is 0.189. The van der Waals surface area contributed by atoms with Crippen molar-refractivity contribution in [3.8, 4) is 10.6 Å². The number of hydrogen-bond acceptors (Lipinski definition) is 4. The highest BCUT2D eigenvalue weighted by Gasteiger charge is 2.05. The lowest BCUT2D eigenvalue weighted by Crippen LogP contribution is -2.21. The quantitative estimate of drug-likeness (QED) is 0.833. The highest BCUT2D eigenvalue weighted by Crippen LogP contribution is 2.24. The summed E-state index contributed by atoms with van der Waals surface area (Å²) in [6.45, 7) is 1.72. The van der Waals surface area contributed by atoms with E-state index in [4.69, 9.17) is 16.7 Å². The van der Waals surface area contributed by atoms with Crippen LogP contribution in [0.4, 0.5) is 0 Å². The first-order valence-electron chi connectivity index (χ1n) is 6.12. The van der Waals surface area contributed by atoms with Crippen LogP contribution < -0.4 is 0 Å². The molecular formula is C14H17ClN2OS. The summed E-state index contributed by atoms with van der Waals surface area (Å²) in [4.78, 5) is 6.55. The van der Waals surface area contributed by atoms with E-state index < -0.39 is 0 Å². The van der Waals surface area contributed by atoms with Crippen LogP contribution in [0, 0.1) is 0 Å². The molecule has 0 aliphatic heterocycles. The zero-order valence-corrected chi connectivity index (χ0v) is 12.4. The molecule has 0 fully saturated rings. The van der Waals surface area contributed by atoms with Gasteiger partial charge in [0.1, 0.15) is 5.01 Å². The lowest BCUT2D eigenvalue weighted by atomic mass is 10.1. The van der Waals surface area contributed by atoms with Gasteiger partial charge in [-0.2, -0.15) is 0 Å². The molecule has 0 saturated heterocycles. The zero-order chi connectivity index (χ0) is 13.7. The Bertz CT molecular complexity index is 512. The topological polar surface area (TPSA) is 36.4 Å². The van der Waals surface area contributed by atoms with Gasteiger partial charge < -0.3 is 5.11 Å². The monoisotopic (exact) mass is 296 g/mol. The molecule has 0 aliphatic carbocycles. The maximum Gasteiger partial charge on any atom is 0.123 e. The van der Waals surface area contributed by atoms with Gasteiger partial charge in [-0.05, 0) is 12.6 Å². The number of rotatable bonds is 6. The van der Waals surface area contributed by atoms with E-state index in [-0.39, 0.29) is 6.61 Å². The Balaban J connectivity index is 2.05. The fourth-order valence-corrected chi connectivity index (χ4v) is 2.87. The Hall–Kier alpha value is -0.940. The van der Waals surface area contributed by atoms with Gasteiger partial charge in [-0.3, -0.25) is 4.90 Å². The maximum absolute atomic E-state index is 8.87. The minimum atomic E-state index is 0.189. The normalized spacial score (nSPS) is 11.2. The van der Waals surface area contributed by atoms with Crippen molar-refractivity contribution in [3.05, 3.63) is 40.9 Å². The summed E-state index contributed by atoms with van der Waals surface area (Å²) in [6, 6.07) is 8.37. The second-order valence-electron chi connectivity index (χ2n) is 4.44. The number of benzene rings is 1. The van der Waals surface area contributed by atoms with Crippen molar-refractivity contribution in [2.24, 2.45) is 0 Å². The van der Waals surface area contributed by atoms with Gasteiger partial charge in [-0.1, -0.05) is 24.3 Å². The number of thiazole rings is 1. The number of aromatic nitrogens is 1. The number of likely N-dealkylation sites (N-methyl/N-ethyl adjacent to an activating group) is 1. The van der Waals surface area contributed by atoms with Crippen LogP contribution in [0.1, 0.15) is 11.3 Å². The lowest BCUT2D eigenvalue weighted by Gasteiger charge is -2.14. The molecule has 0 bridgehead atoms. The Morgan fingerprint density at radius 1 is 1.32 bits per heavy atom. The van der Waals surface area contributed by atoms with E-state index >= 15 is 0 Å². The van der Waals surface area contributed by atoms with Crippen molar-refractivity contribution in [1.82, 2.24) is 9.88 Å². The first-order valence-corrected chi connectivity index (χ1v) is 7.53. The van der Waals surface area contributed by atoms with Gasteiger partial charge in [0.2, 0.25) is 0 Å². The lowest BCUT2D eigenvalue weighted by molar-refractivity contribution is 0.217. The van der Waals surface area contributed by atoms with Crippen LogP contribution in [0.3, 0.4) is 0 Å². The third-order valence-corrected chi connectivity index (χ3v) is 4.04. The standard InChI is InChI=1S/C14H17ClN2OS/c1-17(6-7-18)9-11-2-4-12(5-3-11)14-16-13(8-15)10-19-14/h2-5,10,18H,6-9H2,1H3. The van der Waals surface area contributed by atoms with Crippen molar-refractivity contribution >= 4 is 22.9 Å². The Labute approximate surface area is 122 Å². The Kier molecular flexibility index (Phi) is 5.34. The fourth-order valence-electron chi connectivity index (χ4n) is 1.82. The van der Waals surface area contributed by atoms with Gasteiger partial charge in [0.15, 0.2) is 0 Å². The summed E-state index contributed by atoms with van der Waals surface area (Å²) >= 11 is 7.37. The summed E-state index contributed by atoms with van der Waals surface area (Å²) in [5.41, 5.74) is 3.28. The van der Waals surface area contributed by atoms with Crippen LogP contribution in [0.15, 0.2) is 29.6 Å². The Morgan fingerprint density at radius 2 is 2.05 bits per heavy atom. The molecule has 0 aliphatic rings.